The van der Waals surface area contributed by atoms with Crippen LogP contribution in [0, 0.1) is 34.5 Å². The van der Waals surface area contributed by atoms with Gasteiger partial charge in [-0.2, -0.15) is 0 Å². The average Bonchev–Trinajstić information content (AvgIpc) is 3.24. The minimum absolute atomic E-state index is 0.0315. The zero-order valence-corrected chi connectivity index (χ0v) is 15.5. The molecule has 1 amide bonds. The van der Waals surface area contributed by atoms with Crippen LogP contribution in [0.2, 0.25) is 0 Å². The van der Waals surface area contributed by atoms with Crippen molar-refractivity contribution in [3.63, 3.8) is 0 Å². The lowest BCUT2D eigenvalue weighted by Gasteiger charge is -2.33. The minimum Gasteiger partial charge on any atom is -0.446 e. The van der Waals surface area contributed by atoms with Crippen molar-refractivity contribution in [1.82, 2.24) is 5.32 Å². The number of amides is 1. The average molecular weight is 332 g/mol. The highest BCUT2D eigenvalue weighted by Gasteiger charge is 2.66. The number of nitrogens with one attached hydrogen (secondary N) is 1. The van der Waals surface area contributed by atoms with Crippen LogP contribution in [-0.4, -0.2) is 18.7 Å². The number of hydrogen-bond donors (Lipinski definition) is 1. The Kier molecular flexibility index (Phi) is 4.57. The molecule has 4 atom stereocenters. The van der Waals surface area contributed by atoms with Gasteiger partial charge in [0.1, 0.15) is 6.10 Å². The van der Waals surface area contributed by atoms with Crippen LogP contribution in [0.15, 0.2) is 25.3 Å². The third kappa shape index (κ3) is 2.70. The standard InChI is InChI=1S/C21H33NO2/c1-6-15-8-9-16(7-2)17(15)13-22-19(23)24-18-12-14(3)21(10-11-21)20(18,4)5/h6-7,14-18H,1-2,8-13H2,3-5H3,(H,22,23). The van der Waals surface area contributed by atoms with Crippen LogP contribution in [0.1, 0.15) is 52.9 Å². The summed E-state index contributed by atoms with van der Waals surface area (Å²) in [5, 5.41) is 3.02. The van der Waals surface area contributed by atoms with E-state index >= 15 is 0 Å². The number of alkyl carbamates (subject to hydrolysis) is 1. The van der Waals surface area contributed by atoms with E-state index < -0.39 is 0 Å². The first kappa shape index (κ1) is 17.6. The fourth-order valence-electron chi connectivity index (χ4n) is 5.65. The van der Waals surface area contributed by atoms with Crippen molar-refractivity contribution in [2.24, 2.45) is 34.5 Å². The summed E-state index contributed by atoms with van der Waals surface area (Å²) in [4.78, 5) is 12.4. The van der Waals surface area contributed by atoms with Gasteiger partial charge in [-0.15, -0.1) is 13.2 Å². The highest BCUT2D eigenvalue weighted by atomic mass is 16.6. The smallest absolute Gasteiger partial charge is 0.407 e. The maximum atomic E-state index is 12.4. The summed E-state index contributed by atoms with van der Waals surface area (Å²) < 4.78 is 5.87. The molecule has 3 saturated carbocycles. The van der Waals surface area contributed by atoms with Gasteiger partial charge >= 0.3 is 6.09 Å². The Morgan fingerprint density at radius 3 is 2.25 bits per heavy atom. The van der Waals surface area contributed by atoms with E-state index in [-0.39, 0.29) is 17.6 Å². The van der Waals surface area contributed by atoms with E-state index in [2.05, 4.69) is 39.2 Å². The topological polar surface area (TPSA) is 38.3 Å². The summed E-state index contributed by atoms with van der Waals surface area (Å²) >= 11 is 0. The summed E-state index contributed by atoms with van der Waals surface area (Å²) in [5.41, 5.74) is 0.496. The molecule has 3 aliphatic carbocycles. The molecule has 3 nitrogen and oxygen atoms in total. The maximum Gasteiger partial charge on any atom is 0.407 e. The molecule has 3 rings (SSSR count). The molecule has 0 aromatic carbocycles. The van der Waals surface area contributed by atoms with Crippen molar-refractivity contribution in [3.05, 3.63) is 25.3 Å². The van der Waals surface area contributed by atoms with E-state index in [1.54, 1.807) is 0 Å². The molecule has 134 valence electrons. The van der Waals surface area contributed by atoms with Gasteiger partial charge in [-0.05, 0) is 61.2 Å². The molecule has 24 heavy (non-hydrogen) atoms. The van der Waals surface area contributed by atoms with Crippen LogP contribution in [-0.2, 0) is 4.74 Å². The van der Waals surface area contributed by atoms with E-state index in [0.29, 0.717) is 35.6 Å². The molecule has 0 heterocycles. The van der Waals surface area contributed by atoms with Gasteiger partial charge in [0.2, 0.25) is 0 Å². The molecule has 0 aromatic rings. The highest BCUT2D eigenvalue weighted by Crippen LogP contribution is 2.70. The Hall–Kier alpha value is -1.25. The number of allylic oxidation sites excluding steroid dienone is 2. The molecular formula is C21H33NO2. The first-order valence-corrected chi connectivity index (χ1v) is 9.55. The number of carbonyl (C=O) groups excluding carboxylic acids is 1. The van der Waals surface area contributed by atoms with Crippen LogP contribution in [0.25, 0.3) is 0 Å². The van der Waals surface area contributed by atoms with Crippen molar-refractivity contribution in [2.45, 2.75) is 59.0 Å². The molecule has 4 unspecified atom stereocenters. The summed E-state index contributed by atoms with van der Waals surface area (Å²) in [6.07, 6.45) is 9.67. The van der Waals surface area contributed by atoms with Crippen molar-refractivity contribution < 1.29 is 9.53 Å². The molecule has 0 radical (unpaired) electrons. The van der Waals surface area contributed by atoms with E-state index in [1.807, 2.05) is 12.2 Å². The number of carbonyl (C=O) groups is 1. The lowest BCUT2D eigenvalue weighted by molar-refractivity contribution is 0.0197. The molecule has 3 fully saturated rings. The van der Waals surface area contributed by atoms with E-state index in [4.69, 9.17) is 4.74 Å². The van der Waals surface area contributed by atoms with Crippen LogP contribution >= 0.6 is 0 Å². The Labute approximate surface area is 146 Å². The number of hydrogen-bond acceptors (Lipinski definition) is 2. The van der Waals surface area contributed by atoms with Crippen molar-refractivity contribution in [2.75, 3.05) is 6.54 Å². The second-order valence-corrected chi connectivity index (χ2v) is 8.83. The third-order valence-corrected chi connectivity index (χ3v) is 7.66. The van der Waals surface area contributed by atoms with Gasteiger partial charge in [-0.1, -0.05) is 32.9 Å². The Morgan fingerprint density at radius 1 is 1.21 bits per heavy atom. The quantitative estimate of drug-likeness (QED) is 0.725. The second kappa shape index (κ2) is 6.24. The van der Waals surface area contributed by atoms with Crippen LogP contribution in [0.4, 0.5) is 4.79 Å². The van der Waals surface area contributed by atoms with Gasteiger partial charge in [-0.3, -0.25) is 0 Å². The third-order valence-electron chi connectivity index (χ3n) is 7.66. The van der Waals surface area contributed by atoms with Crippen LogP contribution in [0.5, 0.6) is 0 Å². The van der Waals surface area contributed by atoms with Gasteiger partial charge in [0.05, 0.1) is 0 Å². The van der Waals surface area contributed by atoms with E-state index in [0.717, 1.165) is 19.3 Å². The van der Waals surface area contributed by atoms with Gasteiger partial charge < -0.3 is 10.1 Å². The van der Waals surface area contributed by atoms with Gasteiger partial charge in [-0.25, -0.2) is 4.79 Å². The van der Waals surface area contributed by atoms with Gasteiger partial charge in [0, 0.05) is 12.0 Å². The molecule has 1 N–H and O–H groups in total. The molecule has 0 bridgehead atoms. The summed E-state index contributed by atoms with van der Waals surface area (Å²) in [7, 11) is 0. The Morgan fingerprint density at radius 2 is 1.79 bits per heavy atom. The molecule has 3 heteroatoms. The van der Waals surface area contributed by atoms with Crippen molar-refractivity contribution in [3.8, 4) is 0 Å². The fraction of sp³-hybridized carbons (Fsp3) is 0.762. The number of rotatable bonds is 5. The lowest BCUT2D eigenvalue weighted by Crippen LogP contribution is -2.39. The summed E-state index contributed by atoms with van der Waals surface area (Å²) in [6.45, 7) is 15.4. The largest absolute Gasteiger partial charge is 0.446 e. The fourth-order valence-corrected chi connectivity index (χ4v) is 5.65. The van der Waals surface area contributed by atoms with Gasteiger partial charge in [0.15, 0.2) is 0 Å². The lowest BCUT2D eigenvalue weighted by atomic mass is 9.75. The molecule has 0 saturated heterocycles. The van der Waals surface area contributed by atoms with Crippen molar-refractivity contribution >= 4 is 6.09 Å². The van der Waals surface area contributed by atoms with E-state index in [1.165, 1.54) is 12.8 Å². The van der Waals surface area contributed by atoms with Crippen LogP contribution in [0.3, 0.4) is 0 Å². The Bertz CT molecular complexity index is 504. The summed E-state index contributed by atoms with van der Waals surface area (Å²) in [5.74, 6) is 1.98. The molecule has 0 aromatic heterocycles. The predicted molar refractivity (Wildman–Crippen MR) is 97.6 cm³/mol. The normalized spacial score (nSPS) is 38.7. The number of ether oxygens (including phenoxy) is 1. The van der Waals surface area contributed by atoms with E-state index in [9.17, 15) is 4.79 Å². The van der Waals surface area contributed by atoms with Gasteiger partial charge in [0.25, 0.3) is 0 Å². The maximum absolute atomic E-state index is 12.4. The molecule has 0 aliphatic heterocycles. The first-order chi connectivity index (χ1) is 11.4. The molecule has 1 spiro atoms. The highest BCUT2D eigenvalue weighted by molar-refractivity contribution is 5.67. The Balaban J connectivity index is 1.55. The first-order valence-electron chi connectivity index (χ1n) is 9.55. The zero-order chi connectivity index (χ0) is 17.5. The molecule has 3 aliphatic rings. The van der Waals surface area contributed by atoms with Crippen molar-refractivity contribution in [1.29, 1.82) is 0 Å². The summed E-state index contributed by atoms with van der Waals surface area (Å²) in [6, 6.07) is 0. The second-order valence-electron chi connectivity index (χ2n) is 8.83. The van der Waals surface area contributed by atoms with Crippen LogP contribution < -0.4 is 5.32 Å². The monoisotopic (exact) mass is 331 g/mol. The molecular weight excluding hydrogens is 298 g/mol. The predicted octanol–water partition coefficient (Wildman–Crippen LogP) is 4.94. The minimum atomic E-state index is -0.254. The SMILES string of the molecule is C=CC1CCC(C=C)C1CNC(=O)OC1CC(C)C2(CC2)C1(C)C. The zero-order valence-electron chi connectivity index (χ0n) is 15.5.